The van der Waals surface area contributed by atoms with E-state index in [1.807, 2.05) is 13.0 Å². The number of carbonyl (C=O) groups is 1. The molecule has 3 rings (SSSR count). The number of nitrogens with zero attached hydrogens (tertiary/aromatic N) is 2. The molecule has 0 radical (unpaired) electrons. The molecule has 0 spiro atoms. The van der Waals surface area contributed by atoms with Gasteiger partial charge in [0.1, 0.15) is 5.82 Å². The Morgan fingerprint density at radius 3 is 2.48 bits per heavy atom. The van der Waals surface area contributed by atoms with Gasteiger partial charge in [0.15, 0.2) is 0 Å². The van der Waals surface area contributed by atoms with Gasteiger partial charge in [-0.15, -0.1) is 0 Å². The van der Waals surface area contributed by atoms with E-state index in [2.05, 4.69) is 40.2 Å². The van der Waals surface area contributed by atoms with Gasteiger partial charge in [-0.25, -0.2) is 4.39 Å². The van der Waals surface area contributed by atoms with Crippen LogP contribution in [-0.4, -0.2) is 43.5 Å². The summed E-state index contributed by atoms with van der Waals surface area (Å²) in [6.07, 6.45) is 0. The van der Waals surface area contributed by atoms with Crippen molar-refractivity contribution in [2.45, 2.75) is 13.8 Å². The van der Waals surface area contributed by atoms with E-state index in [9.17, 15) is 9.18 Å². The number of benzene rings is 2. The molecule has 1 saturated heterocycles. The maximum atomic E-state index is 13.8. The van der Waals surface area contributed by atoms with Crippen molar-refractivity contribution in [2.24, 2.45) is 0 Å². The molecule has 1 N–H and O–H groups in total. The molecule has 0 aromatic heterocycles. The first-order valence-electron chi connectivity index (χ1n) is 8.62. The predicted octanol–water partition coefficient (Wildman–Crippen LogP) is 3.20. The number of carbonyl (C=O) groups excluding carboxylic acids is 1. The molecule has 4 nitrogen and oxygen atoms in total. The summed E-state index contributed by atoms with van der Waals surface area (Å²) in [7, 11) is 0. The Morgan fingerprint density at radius 1 is 1.08 bits per heavy atom. The van der Waals surface area contributed by atoms with Crippen LogP contribution in [0, 0.1) is 19.7 Å². The van der Waals surface area contributed by atoms with Gasteiger partial charge in [0, 0.05) is 31.9 Å². The average molecular weight is 341 g/mol. The zero-order valence-corrected chi connectivity index (χ0v) is 14.8. The standard InChI is InChI=1S/C20H24FN3O/c1-15-7-8-18(17(21)13-15)22-20(25)14-23-9-11-24(12-10-23)19-6-4-3-5-16(19)2/h3-8,13H,9-12,14H2,1-2H3,(H,22,25). The lowest BCUT2D eigenvalue weighted by Gasteiger charge is -2.36. The van der Waals surface area contributed by atoms with Crippen molar-refractivity contribution in [3.05, 3.63) is 59.4 Å². The summed E-state index contributed by atoms with van der Waals surface area (Å²) in [6, 6.07) is 13.2. The Bertz CT molecular complexity index is 754. The molecule has 1 fully saturated rings. The van der Waals surface area contributed by atoms with E-state index in [1.54, 1.807) is 12.1 Å². The molecular formula is C20H24FN3O. The fourth-order valence-corrected chi connectivity index (χ4v) is 3.18. The normalized spacial score (nSPS) is 15.2. The summed E-state index contributed by atoms with van der Waals surface area (Å²) in [5.41, 5.74) is 3.61. The van der Waals surface area contributed by atoms with Crippen molar-refractivity contribution in [3.63, 3.8) is 0 Å². The summed E-state index contributed by atoms with van der Waals surface area (Å²) in [6.45, 7) is 7.63. The van der Waals surface area contributed by atoms with Crippen molar-refractivity contribution in [3.8, 4) is 0 Å². The van der Waals surface area contributed by atoms with E-state index < -0.39 is 5.82 Å². The summed E-state index contributed by atoms with van der Waals surface area (Å²) >= 11 is 0. The highest BCUT2D eigenvalue weighted by Gasteiger charge is 2.20. The Labute approximate surface area is 148 Å². The zero-order valence-electron chi connectivity index (χ0n) is 14.8. The van der Waals surface area contributed by atoms with E-state index in [0.29, 0.717) is 0 Å². The topological polar surface area (TPSA) is 35.6 Å². The van der Waals surface area contributed by atoms with Crippen LogP contribution in [0.3, 0.4) is 0 Å². The highest BCUT2D eigenvalue weighted by atomic mass is 19.1. The van der Waals surface area contributed by atoms with Crippen LogP contribution in [0.4, 0.5) is 15.8 Å². The summed E-state index contributed by atoms with van der Waals surface area (Å²) in [5, 5.41) is 2.67. The first-order valence-corrected chi connectivity index (χ1v) is 8.62. The van der Waals surface area contributed by atoms with Crippen molar-refractivity contribution in [2.75, 3.05) is 42.9 Å². The number of nitrogens with one attached hydrogen (secondary N) is 1. The fourth-order valence-electron chi connectivity index (χ4n) is 3.18. The third-order valence-electron chi connectivity index (χ3n) is 4.59. The molecule has 1 amide bonds. The van der Waals surface area contributed by atoms with Crippen LogP contribution in [0.25, 0.3) is 0 Å². The van der Waals surface area contributed by atoms with E-state index in [-0.39, 0.29) is 18.1 Å². The van der Waals surface area contributed by atoms with Gasteiger partial charge in [0.2, 0.25) is 5.91 Å². The van der Waals surface area contributed by atoms with Crippen molar-refractivity contribution in [1.29, 1.82) is 0 Å². The number of para-hydroxylation sites is 1. The summed E-state index contributed by atoms with van der Waals surface area (Å²) in [4.78, 5) is 16.6. The Morgan fingerprint density at radius 2 is 1.80 bits per heavy atom. The third-order valence-corrected chi connectivity index (χ3v) is 4.59. The van der Waals surface area contributed by atoms with Gasteiger partial charge in [0.25, 0.3) is 0 Å². The van der Waals surface area contributed by atoms with E-state index in [4.69, 9.17) is 0 Å². The minimum absolute atomic E-state index is 0.174. The first kappa shape index (κ1) is 17.4. The molecule has 1 heterocycles. The van der Waals surface area contributed by atoms with Gasteiger partial charge in [-0.3, -0.25) is 9.69 Å². The Hall–Kier alpha value is -2.40. The van der Waals surface area contributed by atoms with Gasteiger partial charge in [-0.05, 0) is 43.2 Å². The SMILES string of the molecule is Cc1ccc(NC(=O)CN2CCN(c3ccccc3C)CC2)c(F)c1. The monoisotopic (exact) mass is 341 g/mol. The van der Waals surface area contributed by atoms with Crippen molar-refractivity contribution >= 4 is 17.3 Å². The number of anilines is 2. The van der Waals surface area contributed by atoms with Gasteiger partial charge in [-0.2, -0.15) is 0 Å². The minimum atomic E-state index is -0.391. The second-order valence-electron chi connectivity index (χ2n) is 6.58. The van der Waals surface area contributed by atoms with E-state index in [1.165, 1.54) is 17.3 Å². The molecule has 5 heteroatoms. The van der Waals surface area contributed by atoms with Crippen LogP contribution < -0.4 is 10.2 Å². The fraction of sp³-hybridized carbons (Fsp3) is 0.350. The van der Waals surface area contributed by atoms with Crippen molar-refractivity contribution < 1.29 is 9.18 Å². The second-order valence-corrected chi connectivity index (χ2v) is 6.58. The molecule has 0 aliphatic carbocycles. The van der Waals surface area contributed by atoms with Crippen LogP contribution in [0.15, 0.2) is 42.5 Å². The third kappa shape index (κ3) is 4.37. The van der Waals surface area contributed by atoms with E-state index in [0.717, 1.165) is 31.7 Å². The van der Waals surface area contributed by atoms with Gasteiger partial charge in [-0.1, -0.05) is 24.3 Å². The van der Waals surface area contributed by atoms with Gasteiger partial charge in [0.05, 0.1) is 12.2 Å². The highest BCUT2D eigenvalue weighted by Crippen LogP contribution is 2.21. The average Bonchev–Trinajstić information content (AvgIpc) is 2.59. The van der Waals surface area contributed by atoms with Crippen LogP contribution in [0.1, 0.15) is 11.1 Å². The molecule has 2 aromatic rings. The first-order chi connectivity index (χ1) is 12.0. The Balaban J connectivity index is 1.52. The second kappa shape index (κ2) is 7.66. The number of halogens is 1. The molecule has 0 saturated carbocycles. The number of piperazine rings is 1. The highest BCUT2D eigenvalue weighted by molar-refractivity contribution is 5.92. The lowest BCUT2D eigenvalue weighted by Crippen LogP contribution is -2.48. The van der Waals surface area contributed by atoms with Crippen LogP contribution in [0.2, 0.25) is 0 Å². The molecule has 2 aromatic carbocycles. The van der Waals surface area contributed by atoms with Crippen LogP contribution >= 0.6 is 0 Å². The molecule has 0 unspecified atom stereocenters. The van der Waals surface area contributed by atoms with Gasteiger partial charge >= 0.3 is 0 Å². The Kier molecular flexibility index (Phi) is 5.34. The van der Waals surface area contributed by atoms with Crippen LogP contribution in [-0.2, 0) is 4.79 Å². The molecule has 1 aliphatic heterocycles. The molecule has 0 bridgehead atoms. The van der Waals surface area contributed by atoms with Crippen LogP contribution in [0.5, 0.6) is 0 Å². The molecule has 1 aliphatic rings. The quantitative estimate of drug-likeness (QED) is 0.928. The maximum Gasteiger partial charge on any atom is 0.238 e. The number of rotatable bonds is 4. The van der Waals surface area contributed by atoms with Crippen molar-refractivity contribution in [1.82, 2.24) is 4.90 Å². The lowest BCUT2D eigenvalue weighted by atomic mass is 10.1. The zero-order chi connectivity index (χ0) is 17.8. The number of hydrogen-bond donors (Lipinski definition) is 1. The maximum absolute atomic E-state index is 13.8. The number of hydrogen-bond acceptors (Lipinski definition) is 3. The summed E-state index contributed by atoms with van der Waals surface area (Å²) in [5.74, 6) is -0.565. The summed E-state index contributed by atoms with van der Waals surface area (Å²) < 4.78 is 13.8. The predicted molar refractivity (Wildman–Crippen MR) is 99.6 cm³/mol. The lowest BCUT2D eigenvalue weighted by molar-refractivity contribution is -0.117. The van der Waals surface area contributed by atoms with Gasteiger partial charge < -0.3 is 10.2 Å². The molecular weight excluding hydrogens is 317 g/mol. The van der Waals surface area contributed by atoms with E-state index >= 15 is 0 Å². The molecule has 25 heavy (non-hydrogen) atoms. The minimum Gasteiger partial charge on any atom is -0.369 e. The largest absolute Gasteiger partial charge is 0.369 e. The number of amides is 1. The number of aryl methyl sites for hydroxylation is 2. The smallest absolute Gasteiger partial charge is 0.238 e. The molecule has 0 atom stereocenters. The molecule has 132 valence electrons.